The third kappa shape index (κ3) is 4.76. The second-order valence-electron chi connectivity index (χ2n) is 5.67. The molecule has 20 heavy (non-hydrogen) atoms. The minimum absolute atomic E-state index is 0.164. The second kappa shape index (κ2) is 8.01. The number of methoxy groups -OCH3 is 1. The summed E-state index contributed by atoms with van der Waals surface area (Å²) < 4.78 is 6.18. The Morgan fingerprint density at radius 2 is 2.05 bits per heavy atom. The first kappa shape index (κ1) is 17.5. The fourth-order valence-electron chi connectivity index (χ4n) is 1.87. The van der Waals surface area contributed by atoms with E-state index in [4.69, 9.17) is 4.74 Å². The Labute approximate surface area is 131 Å². The highest BCUT2D eigenvalue weighted by atomic mass is 79.9. The molecule has 0 unspecified atom stereocenters. The van der Waals surface area contributed by atoms with E-state index in [-0.39, 0.29) is 5.54 Å². The minimum Gasteiger partial charge on any atom is -0.383 e. The molecule has 0 aliphatic rings. The van der Waals surface area contributed by atoms with Gasteiger partial charge in [-0.15, -0.1) is 0 Å². The van der Waals surface area contributed by atoms with Gasteiger partial charge in [0.05, 0.1) is 6.61 Å². The van der Waals surface area contributed by atoms with Gasteiger partial charge in [-0.1, -0.05) is 28.9 Å². The van der Waals surface area contributed by atoms with Crippen molar-refractivity contribution in [1.82, 2.24) is 5.32 Å². The molecule has 0 aliphatic heterocycles. The number of nitrogens with one attached hydrogen (secondary N) is 1. The van der Waals surface area contributed by atoms with Gasteiger partial charge in [-0.25, -0.2) is 0 Å². The summed E-state index contributed by atoms with van der Waals surface area (Å²) in [7, 11) is 3.87. The molecule has 0 fully saturated rings. The number of benzene rings is 1. The van der Waals surface area contributed by atoms with Crippen molar-refractivity contribution >= 4 is 21.6 Å². The van der Waals surface area contributed by atoms with Crippen molar-refractivity contribution in [2.75, 3.05) is 32.2 Å². The molecule has 3 nitrogen and oxygen atoms in total. The average Bonchev–Trinajstić information content (AvgIpc) is 2.44. The molecule has 4 heteroatoms. The van der Waals surface area contributed by atoms with Crippen LogP contribution in [0.4, 0.5) is 5.69 Å². The van der Waals surface area contributed by atoms with Gasteiger partial charge < -0.3 is 15.0 Å². The van der Waals surface area contributed by atoms with Gasteiger partial charge in [0, 0.05) is 42.9 Å². The first-order valence-corrected chi connectivity index (χ1v) is 7.93. The van der Waals surface area contributed by atoms with Gasteiger partial charge in [-0.05, 0) is 38.0 Å². The Hall–Kier alpha value is -0.580. The highest BCUT2D eigenvalue weighted by Crippen LogP contribution is 2.29. The van der Waals surface area contributed by atoms with E-state index in [0.29, 0.717) is 0 Å². The SMILES string of the molecule is CCC(C)(C)N(C)c1ccc(CNCCOC)c(Br)c1. The van der Waals surface area contributed by atoms with Crippen LogP contribution in [0, 0.1) is 0 Å². The predicted molar refractivity (Wildman–Crippen MR) is 90.5 cm³/mol. The van der Waals surface area contributed by atoms with Crippen LogP contribution in [0.25, 0.3) is 0 Å². The zero-order valence-corrected chi connectivity index (χ0v) is 14.9. The third-order valence-corrected chi connectivity index (χ3v) is 4.73. The van der Waals surface area contributed by atoms with E-state index in [0.717, 1.165) is 30.6 Å². The van der Waals surface area contributed by atoms with Crippen molar-refractivity contribution in [3.05, 3.63) is 28.2 Å². The molecule has 0 saturated heterocycles. The van der Waals surface area contributed by atoms with E-state index in [1.54, 1.807) is 7.11 Å². The number of rotatable bonds is 8. The number of ether oxygens (including phenoxy) is 1. The molecule has 1 aromatic carbocycles. The van der Waals surface area contributed by atoms with Crippen molar-refractivity contribution < 1.29 is 4.74 Å². The minimum atomic E-state index is 0.164. The van der Waals surface area contributed by atoms with Crippen LogP contribution in [0.5, 0.6) is 0 Å². The largest absolute Gasteiger partial charge is 0.383 e. The van der Waals surface area contributed by atoms with Gasteiger partial charge in [-0.2, -0.15) is 0 Å². The van der Waals surface area contributed by atoms with Gasteiger partial charge in [-0.3, -0.25) is 0 Å². The van der Waals surface area contributed by atoms with Crippen LogP contribution in [0.2, 0.25) is 0 Å². The Bertz CT molecular complexity index is 421. The van der Waals surface area contributed by atoms with Crippen molar-refractivity contribution in [3.63, 3.8) is 0 Å². The maximum atomic E-state index is 5.03. The van der Waals surface area contributed by atoms with Crippen molar-refractivity contribution in [2.24, 2.45) is 0 Å². The van der Waals surface area contributed by atoms with E-state index in [1.807, 2.05) is 0 Å². The topological polar surface area (TPSA) is 24.5 Å². The molecule has 1 aromatic rings. The lowest BCUT2D eigenvalue weighted by Crippen LogP contribution is -2.40. The summed E-state index contributed by atoms with van der Waals surface area (Å²) in [6.45, 7) is 9.21. The number of hydrogen-bond acceptors (Lipinski definition) is 3. The second-order valence-corrected chi connectivity index (χ2v) is 6.52. The van der Waals surface area contributed by atoms with Crippen LogP contribution in [0.3, 0.4) is 0 Å². The van der Waals surface area contributed by atoms with Crippen LogP contribution < -0.4 is 10.2 Å². The molecule has 0 amide bonds. The van der Waals surface area contributed by atoms with Crippen LogP contribution in [0.15, 0.2) is 22.7 Å². The molecular weight excluding hydrogens is 316 g/mol. The van der Waals surface area contributed by atoms with Gasteiger partial charge in [0.25, 0.3) is 0 Å². The zero-order valence-electron chi connectivity index (χ0n) is 13.3. The average molecular weight is 343 g/mol. The summed E-state index contributed by atoms with van der Waals surface area (Å²) in [4.78, 5) is 2.33. The van der Waals surface area contributed by atoms with Crippen molar-refractivity contribution in [1.29, 1.82) is 0 Å². The third-order valence-electron chi connectivity index (χ3n) is 4.00. The monoisotopic (exact) mass is 342 g/mol. The number of nitrogens with zero attached hydrogens (tertiary/aromatic N) is 1. The Kier molecular flexibility index (Phi) is 7.00. The summed E-state index contributed by atoms with van der Waals surface area (Å²) in [5, 5.41) is 3.36. The lowest BCUT2D eigenvalue weighted by atomic mass is 9.99. The number of anilines is 1. The molecular formula is C16H27BrN2O. The quantitative estimate of drug-likeness (QED) is 0.727. The molecule has 1 N–H and O–H groups in total. The normalized spacial score (nSPS) is 11.7. The number of halogens is 1. The Morgan fingerprint density at radius 1 is 1.35 bits per heavy atom. The summed E-state index contributed by atoms with van der Waals surface area (Å²) in [5.41, 5.74) is 2.68. The maximum absolute atomic E-state index is 5.03. The first-order valence-electron chi connectivity index (χ1n) is 7.14. The van der Waals surface area contributed by atoms with E-state index in [1.165, 1.54) is 11.3 Å². The summed E-state index contributed by atoms with van der Waals surface area (Å²) in [5.74, 6) is 0. The molecule has 0 aromatic heterocycles. The van der Waals surface area contributed by atoms with Crippen LogP contribution >= 0.6 is 15.9 Å². The van der Waals surface area contributed by atoms with Gasteiger partial charge in [0.15, 0.2) is 0 Å². The first-order chi connectivity index (χ1) is 9.42. The van der Waals surface area contributed by atoms with Crippen molar-refractivity contribution in [2.45, 2.75) is 39.3 Å². The molecule has 114 valence electrons. The van der Waals surface area contributed by atoms with Crippen molar-refractivity contribution in [3.8, 4) is 0 Å². The summed E-state index contributed by atoms with van der Waals surface area (Å²) >= 11 is 3.68. The zero-order chi connectivity index (χ0) is 15.2. The fraction of sp³-hybridized carbons (Fsp3) is 0.625. The molecule has 0 radical (unpaired) electrons. The molecule has 0 spiro atoms. The molecule has 0 saturated carbocycles. The number of hydrogen-bond donors (Lipinski definition) is 1. The van der Waals surface area contributed by atoms with Crippen LogP contribution in [0.1, 0.15) is 32.8 Å². The lowest BCUT2D eigenvalue weighted by Gasteiger charge is -2.37. The molecule has 0 aliphatic carbocycles. The summed E-state index contributed by atoms with van der Waals surface area (Å²) in [6.07, 6.45) is 1.11. The Morgan fingerprint density at radius 3 is 2.60 bits per heavy atom. The Balaban J connectivity index is 2.72. The van der Waals surface area contributed by atoms with E-state index >= 15 is 0 Å². The van der Waals surface area contributed by atoms with E-state index in [2.05, 4.69) is 72.2 Å². The summed E-state index contributed by atoms with van der Waals surface area (Å²) in [6, 6.07) is 6.57. The molecule has 0 heterocycles. The van der Waals surface area contributed by atoms with E-state index in [9.17, 15) is 0 Å². The smallest absolute Gasteiger partial charge is 0.0587 e. The molecule has 0 bridgehead atoms. The highest BCUT2D eigenvalue weighted by Gasteiger charge is 2.21. The van der Waals surface area contributed by atoms with Crippen LogP contribution in [-0.4, -0.2) is 32.8 Å². The highest BCUT2D eigenvalue weighted by molar-refractivity contribution is 9.10. The molecule has 1 rings (SSSR count). The van der Waals surface area contributed by atoms with Crippen LogP contribution in [-0.2, 0) is 11.3 Å². The fourth-order valence-corrected chi connectivity index (χ4v) is 2.38. The predicted octanol–water partition coefficient (Wildman–Crippen LogP) is 3.81. The lowest BCUT2D eigenvalue weighted by molar-refractivity contribution is 0.199. The maximum Gasteiger partial charge on any atom is 0.0587 e. The van der Waals surface area contributed by atoms with Gasteiger partial charge in [0.2, 0.25) is 0 Å². The van der Waals surface area contributed by atoms with Gasteiger partial charge in [0.1, 0.15) is 0 Å². The standard InChI is InChI=1S/C16H27BrN2O/c1-6-16(2,3)19(4)14-8-7-13(15(17)11-14)12-18-9-10-20-5/h7-8,11,18H,6,9-10,12H2,1-5H3. The molecule has 0 atom stereocenters. The van der Waals surface area contributed by atoms with E-state index < -0.39 is 0 Å². The van der Waals surface area contributed by atoms with Gasteiger partial charge >= 0.3 is 0 Å².